The molecule has 0 radical (unpaired) electrons. The molecule has 0 bridgehead atoms. The van der Waals surface area contributed by atoms with Crippen molar-refractivity contribution in [1.29, 1.82) is 0 Å². The highest BCUT2D eigenvalue weighted by Gasteiger charge is 2.12. The van der Waals surface area contributed by atoms with E-state index in [4.69, 9.17) is 0 Å². The van der Waals surface area contributed by atoms with Crippen LogP contribution in [0.15, 0.2) is 0 Å². The van der Waals surface area contributed by atoms with Gasteiger partial charge in [0, 0.05) is 18.1 Å². The predicted octanol–water partition coefficient (Wildman–Crippen LogP) is 1.82. The molecule has 1 atom stereocenters. The molecule has 0 aliphatic heterocycles. The third-order valence-corrected chi connectivity index (χ3v) is 4.22. The van der Waals surface area contributed by atoms with Gasteiger partial charge < -0.3 is 0 Å². The first kappa shape index (κ1) is 13.6. The molecular weight excluding hydrogens is 200 g/mol. The second-order valence-electron chi connectivity index (χ2n) is 3.60. The lowest BCUT2D eigenvalue weighted by Crippen LogP contribution is -2.13. The number of carbonyl (C=O) groups excluding carboxylic acids is 1. The molecule has 0 aromatic carbocycles. The van der Waals surface area contributed by atoms with Crippen molar-refractivity contribution in [3.8, 4) is 0 Å². The average molecular weight is 220 g/mol. The van der Waals surface area contributed by atoms with E-state index >= 15 is 0 Å². The van der Waals surface area contributed by atoms with E-state index in [1.54, 1.807) is 6.92 Å². The van der Waals surface area contributed by atoms with E-state index in [-0.39, 0.29) is 23.2 Å². The Labute approximate surface area is 86.8 Å². The monoisotopic (exact) mass is 220 g/mol. The van der Waals surface area contributed by atoms with Crippen LogP contribution in [0.2, 0.25) is 0 Å². The van der Waals surface area contributed by atoms with Crippen molar-refractivity contribution in [2.75, 3.05) is 11.5 Å². The second kappa shape index (κ2) is 6.17. The van der Waals surface area contributed by atoms with Crippen LogP contribution >= 0.6 is 0 Å². The maximum absolute atomic E-state index is 11.2. The number of ketones is 1. The summed E-state index contributed by atoms with van der Waals surface area (Å²) in [6.07, 6.45) is 1.83. The zero-order valence-electron chi connectivity index (χ0n) is 9.25. The summed E-state index contributed by atoms with van der Waals surface area (Å²) in [5.41, 5.74) is 0. The normalized spacial score (nSPS) is 13.9. The highest BCUT2D eigenvalue weighted by molar-refractivity contribution is 7.91. The van der Waals surface area contributed by atoms with Gasteiger partial charge in [0.05, 0.1) is 5.75 Å². The van der Waals surface area contributed by atoms with Crippen molar-refractivity contribution in [1.82, 2.24) is 0 Å². The van der Waals surface area contributed by atoms with Gasteiger partial charge in [0.25, 0.3) is 0 Å². The van der Waals surface area contributed by atoms with Gasteiger partial charge in [0.15, 0.2) is 0 Å². The first-order valence-electron chi connectivity index (χ1n) is 5.16. The Kier molecular flexibility index (Phi) is 6.00. The molecule has 84 valence electrons. The molecule has 0 aromatic rings. The van der Waals surface area contributed by atoms with E-state index in [2.05, 4.69) is 0 Å². The largest absolute Gasteiger partial charge is 0.299 e. The molecule has 0 spiro atoms. The van der Waals surface area contributed by atoms with Gasteiger partial charge in [0.2, 0.25) is 0 Å². The van der Waals surface area contributed by atoms with Crippen molar-refractivity contribution >= 4 is 15.6 Å². The Morgan fingerprint density at radius 2 is 1.86 bits per heavy atom. The van der Waals surface area contributed by atoms with Crippen molar-refractivity contribution in [3.05, 3.63) is 0 Å². The van der Waals surface area contributed by atoms with Gasteiger partial charge in [-0.3, -0.25) is 4.79 Å². The van der Waals surface area contributed by atoms with Crippen LogP contribution in [0.3, 0.4) is 0 Å². The molecule has 0 saturated heterocycles. The standard InChI is InChI=1S/C10H20O3S/c1-4-10(11)9(3)7-6-8-14(12,13)5-2/h9H,4-8H2,1-3H3. The number of carbonyl (C=O) groups is 1. The predicted molar refractivity (Wildman–Crippen MR) is 58.0 cm³/mol. The van der Waals surface area contributed by atoms with Crippen molar-refractivity contribution < 1.29 is 13.2 Å². The van der Waals surface area contributed by atoms with E-state index in [1.807, 2.05) is 13.8 Å². The van der Waals surface area contributed by atoms with Gasteiger partial charge in [-0.05, 0) is 12.8 Å². The molecule has 1 unspecified atom stereocenters. The van der Waals surface area contributed by atoms with Gasteiger partial charge in [-0.15, -0.1) is 0 Å². The molecular formula is C10H20O3S. The van der Waals surface area contributed by atoms with E-state index in [0.29, 0.717) is 19.3 Å². The van der Waals surface area contributed by atoms with Crippen LogP contribution in [-0.2, 0) is 14.6 Å². The summed E-state index contributed by atoms with van der Waals surface area (Å²) in [5.74, 6) is 0.638. The fourth-order valence-electron chi connectivity index (χ4n) is 1.26. The zero-order valence-corrected chi connectivity index (χ0v) is 10.1. The van der Waals surface area contributed by atoms with Crippen molar-refractivity contribution in [2.24, 2.45) is 5.92 Å². The third kappa shape index (κ3) is 5.37. The summed E-state index contributed by atoms with van der Waals surface area (Å²) in [5, 5.41) is 0. The molecule has 0 amide bonds. The molecule has 4 heteroatoms. The summed E-state index contributed by atoms with van der Waals surface area (Å²) < 4.78 is 22.3. The van der Waals surface area contributed by atoms with Crippen LogP contribution in [0.1, 0.15) is 40.0 Å². The Morgan fingerprint density at radius 3 is 2.29 bits per heavy atom. The zero-order chi connectivity index (χ0) is 11.2. The maximum atomic E-state index is 11.2. The van der Waals surface area contributed by atoms with E-state index in [9.17, 15) is 13.2 Å². The van der Waals surface area contributed by atoms with Gasteiger partial charge in [-0.1, -0.05) is 20.8 Å². The van der Waals surface area contributed by atoms with Gasteiger partial charge in [0.1, 0.15) is 15.6 Å². The van der Waals surface area contributed by atoms with Crippen LogP contribution in [0, 0.1) is 5.92 Å². The number of hydrogen-bond acceptors (Lipinski definition) is 3. The molecule has 0 rings (SSSR count). The maximum Gasteiger partial charge on any atom is 0.150 e. The Morgan fingerprint density at radius 1 is 1.29 bits per heavy atom. The van der Waals surface area contributed by atoms with Gasteiger partial charge >= 0.3 is 0 Å². The molecule has 0 aliphatic rings. The highest BCUT2D eigenvalue weighted by atomic mass is 32.2. The molecule has 14 heavy (non-hydrogen) atoms. The van der Waals surface area contributed by atoms with E-state index in [0.717, 1.165) is 0 Å². The Bertz CT molecular complexity index is 267. The molecule has 0 N–H and O–H groups in total. The quantitative estimate of drug-likeness (QED) is 0.657. The molecule has 0 heterocycles. The lowest BCUT2D eigenvalue weighted by molar-refractivity contribution is -0.122. The highest BCUT2D eigenvalue weighted by Crippen LogP contribution is 2.10. The number of rotatable bonds is 7. The number of sulfone groups is 1. The molecule has 3 nitrogen and oxygen atoms in total. The summed E-state index contributed by atoms with van der Waals surface area (Å²) in [6, 6.07) is 0. The van der Waals surface area contributed by atoms with E-state index < -0.39 is 9.84 Å². The fourth-order valence-corrected chi connectivity index (χ4v) is 2.16. The van der Waals surface area contributed by atoms with Crippen molar-refractivity contribution in [3.63, 3.8) is 0 Å². The summed E-state index contributed by atoms with van der Waals surface area (Å²) in [6.45, 7) is 5.35. The Balaban J connectivity index is 3.81. The van der Waals surface area contributed by atoms with Crippen LogP contribution in [0.25, 0.3) is 0 Å². The first-order chi connectivity index (χ1) is 6.43. The average Bonchev–Trinajstić information content (AvgIpc) is 2.16. The van der Waals surface area contributed by atoms with Crippen LogP contribution in [-0.4, -0.2) is 25.7 Å². The lowest BCUT2D eigenvalue weighted by Gasteiger charge is -2.08. The second-order valence-corrected chi connectivity index (χ2v) is 6.07. The van der Waals surface area contributed by atoms with E-state index in [1.165, 1.54) is 0 Å². The molecule has 0 fully saturated rings. The van der Waals surface area contributed by atoms with Crippen LogP contribution < -0.4 is 0 Å². The number of hydrogen-bond donors (Lipinski definition) is 0. The van der Waals surface area contributed by atoms with Gasteiger partial charge in [-0.25, -0.2) is 8.42 Å². The van der Waals surface area contributed by atoms with Crippen LogP contribution in [0.4, 0.5) is 0 Å². The lowest BCUT2D eigenvalue weighted by atomic mass is 9.99. The van der Waals surface area contributed by atoms with Crippen LogP contribution in [0.5, 0.6) is 0 Å². The fraction of sp³-hybridized carbons (Fsp3) is 0.900. The minimum atomic E-state index is -2.86. The summed E-state index contributed by atoms with van der Waals surface area (Å²) in [7, 11) is -2.86. The third-order valence-electron chi connectivity index (χ3n) is 2.43. The van der Waals surface area contributed by atoms with Gasteiger partial charge in [-0.2, -0.15) is 0 Å². The number of Topliss-reactive ketones (excluding diaryl/α,β-unsaturated/α-hetero) is 1. The molecule has 0 saturated carbocycles. The molecule has 0 aliphatic carbocycles. The minimum Gasteiger partial charge on any atom is -0.299 e. The molecule has 0 aromatic heterocycles. The topological polar surface area (TPSA) is 51.2 Å². The smallest absolute Gasteiger partial charge is 0.150 e. The first-order valence-corrected chi connectivity index (χ1v) is 6.98. The Hall–Kier alpha value is -0.380. The minimum absolute atomic E-state index is 0.00653. The summed E-state index contributed by atoms with van der Waals surface area (Å²) in [4.78, 5) is 11.2. The summed E-state index contributed by atoms with van der Waals surface area (Å²) >= 11 is 0. The SMILES string of the molecule is CCC(=O)C(C)CCCS(=O)(=O)CC. The van der Waals surface area contributed by atoms with Crippen molar-refractivity contribution in [2.45, 2.75) is 40.0 Å².